The number of fused-ring (bicyclic) bond motifs is 2. The fourth-order valence-corrected chi connectivity index (χ4v) is 5.91. The molecule has 0 radical (unpaired) electrons. The number of hydrogen-bond acceptors (Lipinski definition) is 4. The molecule has 1 aromatic heterocycles. The molecule has 32 heavy (non-hydrogen) atoms. The molecule has 3 aromatic rings. The number of ether oxygens (including phenoxy) is 1. The van der Waals surface area contributed by atoms with Crippen molar-refractivity contribution in [3.63, 3.8) is 0 Å². The topological polar surface area (TPSA) is 71.9 Å². The van der Waals surface area contributed by atoms with Crippen LogP contribution in [0.15, 0.2) is 53.6 Å². The molecule has 2 aliphatic heterocycles. The van der Waals surface area contributed by atoms with Crippen LogP contribution in [-0.2, 0) is 26.1 Å². The maximum absolute atomic E-state index is 13.2. The van der Waals surface area contributed by atoms with Crippen LogP contribution in [0.1, 0.15) is 18.1 Å². The molecule has 1 saturated heterocycles. The minimum absolute atomic E-state index is 0.144. The zero-order chi connectivity index (χ0) is 22.5. The highest BCUT2D eigenvalue weighted by Gasteiger charge is 2.33. The lowest BCUT2D eigenvalue weighted by Gasteiger charge is -2.26. The summed E-state index contributed by atoms with van der Waals surface area (Å²) in [4.78, 5) is 14.9. The lowest BCUT2D eigenvalue weighted by Crippen LogP contribution is -2.40. The average Bonchev–Trinajstić information content (AvgIpc) is 3.30. The molecule has 0 N–H and O–H groups in total. The van der Waals surface area contributed by atoms with Crippen LogP contribution in [-0.4, -0.2) is 56.5 Å². The van der Waals surface area contributed by atoms with Gasteiger partial charge in [-0.3, -0.25) is 4.79 Å². The molecule has 1 fully saturated rings. The molecule has 0 spiro atoms. The predicted octanol–water partition coefficient (Wildman–Crippen LogP) is 3.20. The predicted molar refractivity (Wildman–Crippen MR) is 125 cm³/mol. The van der Waals surface area contributed by atoms with Gasteiger partial charge in [0.1, 0.15) is 0 Å². The molecule has 0 saturated carbocycles. The summed E-state index contributed by atoms with van der Waals surface area (Å²) in [5.74, 6) is -0.144. The van der Waals surface area contributed by atoms with Gasteiger partial charge in [-0.15, -0.1) is 0 Å². The molecular weight excluding hydrogens is 426 g/mol. The number of anilines is 1. The Labute approximate surface area is 187 Å². The van der Waals surface area contributed by atoms with E-state index in [1.165, 1.54) is 4.31 Å². The van der Waals surface area contributed by atoms with E-state index in [0.717, 1.165) is 23.0 Å². The zero-order valence-corrected chi connectivity index (χ0v) is 18.9. The number of hydrogen-bond donors (Lipinski definition) is 0. The van der Waals surface area contributed by atoms with Crippen molar-refractivity contribution in [2.75, 3.05) is 38.3 Å². The van der Waals surface area contributed by atoms with E-state index in [0.29, 0.717) is 43.1 Å². The van der Waals surface area contributed by atoms with Gasteiger partial charge in [0.05, 0.1) is 23.8 Å². The van der Waals surface area contributed by atoms with Gasteiger partial charge in [-0.05, 0) is 37.3 Å². The molecule has 5 rings (SSSR count). The number of rotatable bonds is 4. The number of benzene rings is 2. The Bertz CT molecular complexity index is 1350. The van der Waals surface area contributed by atoms with Gasteiger partial charge in [0.15, 0.2) is 0 Å². The Morgan fingerprint density at radius 2 is 1.84 bits per heavy atom. The van der Waals surface area contributed by atoms with E-state index in [9.17, 15) is 13.2 Å². The maximum atomic E-state index is 13.2. The van der Waals surface area contributed by atoms with Crippen LogP contribution in [0.2, 0.25) is 0 Å². The molecule has 0 aliphatic carbocycles. The molecule has 0 atom stereocenters. The summed E-state index contributed by atoms with van der Waals surface area (Å²) in [6, 6.07) is 13.0. The van der Waals surface area contributed by atoms with E-state index in [4.69, 9.17) is 4.74 Å². The van der Waals surface area contributed by atoms with Gasteiger partial charge in [0.2, 0.25) is 10.0 Å². The number of amides is 1. The average molecular weight is 452 g/mol. The number of carbonyl (C=O) groups is 1. The van der Waals surface area contributed by atoms with Crippen molar-refractivity contribution in [1.82, 2.24) is 8.87 Å². The Morgan fingerprint density at radius 3 is 2.59 bits per heavy atom. The summed E-state index contributed by atoms with van der Waals surface area (Å²) in [5, 5.41) is 1.06. The quantitative estimate of drug-likeness (QED) is 0.571. The third-order valence-corrected chi connectivity index (χ3v) is 8.12. The second-order valence-corrected chi connectivity index (χ2v) is 9.94. The van der Waals surface area contributed by atoms with Crippen LogP contribution >= 0.6 is 0 Å². The lowest BCUT2D eigenvalue weighted by atomic mass is 10.0. The number of carbonyl (C=O) groups excluding carboxylic acids is 1. The van der Waals surface area contributed by atoms with Gasteiger partial charge < -0.3 is 14.2 Å². The second-order valence-electron chi connectivity index (χ2n) is 8.01. The number of likely N-dealkylation sites (N-methyl/N-ethyl adjacent to an activating group) is 1. The van der Waals surface area contributed by atoms with Crippen LogP contribution in [0, 0.1) is 0 Å². The summed E-state index contributed by atoms with van der Waals surface area (Å²) < 4.78 is 35.2. The van der Waals surface area contributed by atoms with E-state index in [2.05, 4.69) is 17.6 Å². The molecule has 0 bridgehead atoms. The monoisotopic (exact) mass is 451 g/mol. The van der Waals surface area contributed by atoms with Crippen molar-refractivity contribution in [3.05, 3.63) is 59.8 Å². The number of aromatic nitrogens is 1. The molecule has 0 unspecified atom stereocenters. The second kappa shape index (κ2) is 7.88. The standard InChI is InChI=1S/C24H25N3O4S/c1-3-26-16-17(19-6-4-5-7-23(19)26)14-21-20-15-18(8-9-22(20)25(2)24(21)28)32(29,30)27-10-12-31-13-11-27/h4-9,14-16H,3,10-13H2,1-2H3. The Kier molecular flexibility index (Phi) is 5.16. The largest absolute Gasteiger partial charge is 0.379 e. The van der Waals surface area contributed by atoms with Crippen LogP contribution in [0.3, 0.4) is 0 Å². The van der Waals surface area contributed by atoms with Gasteiger partial charge in [-0.2, -0.15) is 4.31 Å². The molecule has 166 valence electrons. The van der Waals surface area contributed by atoms with Crippen LogP contribution in [0.5, 0.6) is 0 Å². The highest BCUT2D eigenvalue weighted by molar-refractivity contribution is 7.89. The van der Waals surface area contributed by atoms with Crippen molar-refractivity contribution >= 4 is 44.2 Å². The number of morpholine rings is 1. The van der Waals surface area contributed by atoms with Crippen molar-refractivity contribution in [1.29, 1.82) is 0 Å². The van der Waals surface area contributed by atoms with Crippen molar-refractivity contribution in [3.8, 4) is 0 Å². The van der Waals surface area contributed by atoms with Gasteiger partial charge >= 0.3 is 0 Å². The van der Waals surface area contributed by atoms with Crippen molar-refractivity contribution < 1.29 is 17.9 Å². The van der Waals surface area contributed by atoms with E-state index in [-0.39, 0.29) is 10.8 Å². The first-order valence-electron chi connectivity index (χ1n) is 10.7. The molecular formula is C24H25N3O4S. The maximum Gasteiger partial charge on any atom is 0.258 e. The summed E-state index contributed by atoms with van der Waals surface area (Å²) in [7, 11) is -1.94. The molecule has 2 aliphatic rings. The molecule has 8 heteroatoms. The third-order valence-electron chi connectivity index (χ3n) is 6.22. The number of nitrogens with zero attached hydrogens (tertiary/aromatic N) is 3. The van der Waals surface area contributed by atoms with Gasteiger partial charge in [-0.1, -0.05) is 18.2 Å². The molecule has 3 heterocycles. The number of aryl methyl sites for hydroxylation is 1. The van der Waals surface area contributed by atoms with Gasteiger partial charge in [0, 0.05) is 60.5 Å². The van der Waals surface area contributed by atoms with Gasteiger partial charge in [0.25, 0.3) is 5.91 Å². The van der Waals surface area contributed by atoms with Gasteiger partial charge in [-0.25, -0.2) is 8.42 Å². The summed E-state index contributed by atoms with van der Waals surface area (Å²) in [6.07, 6.45) is 3.92. The molecule has 2 aromatic carbocycles. The van der Waals surface area contributed by atoms with E-state index >= 15 is 0 Å². The first-order valence-corrected chi connectivity index (χ1v) is 12.2. The summed E-state index contributed by atoms with van der Waals surface area (Å²) in [6.45, 7) is 4.33. The Morgan fingerprint density at radius 1 is 1.09 bits per heavy atom. The Balaban J connectivity index is 1.63. The van der Waals surface area contributed by atoms with Crippen molar-refractivity contribution in [2.45, 2.75) is 18.4 Å². The molecule has 7 nitrogen and oxygen atoms in total. The Hall–Kier alpha value is -2.94. The fourth-order valence-electron chi connectivity index (χ4n) is 4.47. The van der Waals surface area contributed by atoms with Crippen LogP contribution in [0.25, 0.3) is 22.6 Å². The van der Waals surface area contributed by atoms with Crippen molar-refractivity contribution in [2.24, 2.45) is 0 Å². The smallest absolute Gasteiger partial charge is 0.258 e. The first-order chi connectivity index (χ1) is 15.4. The third kappa shape index (κ3) is 3.26. The zero-order valence-electron chi connectivity index (χ0n) is 18.1. The van der Waals surface area contributed by atoms with Crippen LogP contribution < -0.4 is 4.90 Å². The fraction of sp³-hybridized carbons (Fsp3) is 0.292. The van der Waals surface area contributed by atoms with Crippen LogP contribution in [0.4, 0.5) is 5.69 Å². The minimum Gasteiger partial charge on any atom is -0.379 e. The highest BCUT2D eigenvalue weighted by Crippen LogP contribution is 2.39. The molecule has 1 amide bonds. The summed E-state index contributed by atoms with van der Waals surface area (Å²) >= 11 is 0. The SMILES string of the molecule is CCn1cc(C=C2C(=O)N(C)c3ccc(S(=O)(=O)N4CCOCC4)cc32)c2ccccc21. The number of sulfonamides is 1. The minimum atomic E-state index is -3.66. The van der Waals surface area contributed by atoms with E-state index < -0.39 is 10.0 Å². The lowest BCUT2D eigenvalue weighted by molar-refractivity contribution is -0.112. The first kappa shape index (κ1) is 20.9. The van der Waals surface area contributed by atoms with E-state index in [1.807, 2.05) is 30.5 Å². The normalized spacial score (nSPS) is 18.6. The van der Waals surface area contributed by atoms with E-state index in [1.54, 1.807) is 30.1 Å². The number of para-hydroxylation sites is 1. The summed E-state index contributed by atoms with van der Waals surface area (Å²) in [5.41, 5.74) is 3.89. The highest BCUT2D eigenvalue weighted by atomic mass is 32.2.